The lowest BCUT2D eigenvalue weighted by Crippen LogP contribution is -2.13. The van der Waals surface area contributed by atoms with Gasteiger partial charge in [-0.15, -0.1) is 0 Å². The Bertz CT molecular complexity index is 458. The molecule has 0 amide bonds. The lowest BCUT2D eigenvalue weighted by Gasteiger charge is -2.04. The van der Waals surface area contributed by atoms with Crippen LogP contribution in [0.2, 0.25) is 0 Å². The molecule has 4 nitrogen and oxygen atoms in total. The van der Waals surface area contributed by atoms with E-state index in [1.54, 1.807) is 6.08 Å². The number of hydrogen-bond acceptors (Lipinski definition) is 4. The second-order valence-electron chi connectivity index (χ2n) is 4.34. The number of ether oxygens (including phenoxy) is 2. The number of methoxy groups -OCH3 is 1. The van der Waals surface area contributed by atoms with Gasteiger partial charge in [0, 0.05) is 6.08 Å². The molecule has 19 heavy (non-hydrogen) atoms. The first-order valence-corrected chi connectivity index (χ1v) is 6.04. The van der Waals surface area contributed by atoms with Crippen LogP contribution in [0.1, 0.15) is 30.9 Å². The highest BCUT2D eigenvalue weighted by Gasteiger charge is 2.03. The highest BCUT2D eigenvalue weighted by molar-refractivity contribution is 5.88. The predicted molar refractivity (Wildman–Crippen MR) is 72.5 cm³/mol. The number of carbonyl (C=O) groups is 2. The zero-order chi connectivity index (χ0) is 14.3. The summed E-state index contributed by atoms with van der Waals surface area (Å²) < 4.78 is 9.04. The minimum absolute atomic E-state index is 0.369. The van der Waals surface area contributed by atoms with Crippen molar-refractivity contribution >= 4 is 18.0 Å². The normalized spacial score (nSPS) is 10.7. The monoisotopic (exact) mass is 262 g/mol. The topological polar surface area (TPSA) is 52.6 Å². The fourth-order valence-corrected chi connectivity index (χ4v) is 1.39. The van der Waals surface area contributed by atoms with Crippen molar-refractivity contribution in [2.45, 2.75) is 19.8 Å². The molecular weight excluding hydrogens is 244 g/mol. The Balaban J connectivity index is 2.51. The molecule has 0 bridgehead atoms. The van der Waals surface area contributed by atoms with Crippen LogP contribution in [0.3, 0.4) is 0 Å². The van der Waals surface area contributed by atoms with Crippen molar-refractivity contribution in [3.8, 4) is 0 Å². The molecule has 4 heteroatoms. The predicted octanol–water partition coefficient (Wildman–Crippen LogP) is 2.54. The van der Waals surface area contributed by atoms with Crippen molar-refractivity contribution in [3.63, 3.8) is 0 Å². The van der Waals surface area contributed by atoms with Crippen molar-refractivity contribution in [1.82, 2.24) is 0 Å². The van der Waals surface area contributed by atoms with Gasteiger partial charge in [0.1, 0.15) is 0 Å². The van der Waals surface area contributed by atoms with Crippen molar-refractivity contribution in [2.24, 2.45) is 0 Å². The molecule has 0 aliphatic carbocycles. The molecule has 0 unspecified atom stereocenters. The maximum atomic E-state index is 11.3. The minimum Gasteiger partial charge on any atom is -0.466 e. The molecular formula is C15H18O4. The van der Waals surface area contributed by atoms with Crippen LogP contribution in [0.4, 0.5) is 0 Å². The number of carbonyl (C=O) groups excluding carboxylic acids is 2. The van der Waals surface area contributed by atoms with Crippen molar-refractivity contribution in [3.05, 3.63) is 41.5 Å². The molecule has 102 valence electrons. The third-order valence-electron chi connectivity index (χ3n) is 2.57. The zero-order valence-corrected chi connectivity index (χ0v) is 11.4. The van der Waals surface area contributed by atoms with Crippen LogP contribution in [0.5, 0.6) is 0 Å². The van der Waals surface area contributed by atoms with Gasteiger partial charge < -0.3 is 9.47 Å². The highest BCUT2D eigenvalue weighted by Crippen LogP contribution is 2.15. The van der Waals surface area contributed by atoms with Crippen LogP contribution in [0.25, 0.3) is 6.08 Å². The van der Waals surface area contributed by atoms with E-state index in [2.05, 4.69) is 23.3 Å². The summed E-state index contributed by atoms with van der Waals surface area (Å²) in [7, 11) is 1.24. The van der Waals surface area contributed by atoms with Crippen LogP contribution in [0.15, 0.2) is 30.3 Å². The largest absolute Gasteiger partial charge is 0.466 e. The molecule has 0 saturated heterocycles. The molecule has 0 fully saturated rings. The molecule has 1 rings (SSSR count). The van der Waals surface area contributed by atoms with E-state index < -0.39 is 11.9 Å². The summed E-state index contributed by atoms with van der Waals surface area (Å²) in [6.07, 6.45) is 2.93. The van der Waals surface area contributed by atoms with E-state index >= 15 is 0 Å². The van der Waals surface area contributed by atoms with E-state index in [4.69, 9.17) is 0 Å². The molecule has 1 aromatic rings. The maximum Gasteiger partial charge on any atom is 0.344 e. The quantitative estimate of drug-likeness (QED) is 0.604. The van der Waals surface area contributed by atoms with Gasteiger partial charge in [-0.3, -0.25) is 0 Å². The molecule has 0 atom stereocenters. The maximum absolute atomic E-state index is 11.3. The van der Waals surface area contributed by atoms with Crippen LogP contribution in [0, 0.1) is 0 Å². The second-order valence-corrected chi connectivity index (χ2v) is 4.34. The van der Waals surface area contributed by atoms with Crippen LogP contribution < -0.4 is 0 Å². The van der Waals surface area contributed by atoms with Gasteiger partial charge in [0.05, 0.1) is 7.11 Å². The molecule has 0 heterocycles. The van der Waals surface area contributed by atoms with E-state index in [1.807, 2.05) is 24.3 Å². The fourth-order valence-electron chi connectivity index (χ4n) is 1.39. The van der Waals surface area contributed by atoms with Gasteiger partial charge in [-0.05, 0) is 23.1 Å². The van der Waals surface area contributed by atoms with Gasteiger partial charge in [0.25, 0.3) is 0 Å². The minimum atomic E-state index is -0.581. The Morgan fingerprint density at radius 1 is 1.21 bits per heavy atom. The molecule has 0 aromatic heterocycles. The van der Waals surface area contributed by atoms with Crippen molar-refractivity contribution in [2.75, 3.05) is 13.7 Å². The third kappa shape index (κ3) is 5.38. The van der Waals surface area contributed by atoms with Crippen LogP contribution in [-0.4, -0.2) is 25.7 Å². The van der Waals surface area contributed by atoms with Gasteiger partial charge in [-0.1, -0.05) is 38.1 Å². The third-order valence-corrected chi connectivity index (χ3v) is 2.57. The number of benzene rings is 1. The van der Waals surface area contributed by atoms with E-state index in [1.165, 1.54) is 18.7 Å². The number of rotatable bonds is 5. The Morgan fingerprint density at radius 3 is 2.37 bits per heavy atom. The number of esters is 2. The van der Waals surface area contributed by atoms with Gasteiger partial charge in [-0.25, -0.2) is 9.59 Å². The van der Waals surface area contributed by atoms with Gasteiger partial charge in [0.15, 0.2) is 6.61 Å². The Morgan fingerprint density at radius 2 is 1.84 bits per heavy atom. The summed E-state index contributed by atoms with van der Waals surface area (Å²) in [5.74, 6) is -0.676. The average molecular weight is 262 g/mol. The first-order chi connectivity index (χ1) is 9.02. The summed E-state index contributed by atoms with van der Waals surface area (Å²) in [5, 5.41) is 0. The van der Waals surface area contributed by atoms with Gasteiger partial charge in [-0.2, -0.15) is 0 Å². The molecule has 0 N–H and O–H groups in total. The lowest BCUT2D eigenvalue weighted by molar-refractivity contribution is -0.154. The Kier molecular flexibility index (Phi) is 5.79. The fraction of sp³-hybridized carbons (Fsp3) is 0.333. The van der Waals surface area contributed by atoms with Gasteiger partial charge >= 0.3 is 11.9 Å². The summed E-state index contributed by atoms with van der Waals surface area (Å²) in [4.78, 5) is 22.1. The summed E-state index contributed by atoms with van der Waals surface area (Å²) >= 11 is 0. The lowest BCUT2D eigenvalue weighted by atomic mass is 10.0. The molecule has 0 aliphatic heterocycles. The van der Waals surface area contributed by atoms with E-state index in [0.717, 1.165) is 5.56 Å². The standard InChI is InChI=1S/C15H18O4/c1-11(2)13-7-4-12(5-8-13)6-9-14(16)19-10-15(17)18-3/h4-9,11H,10H2,1-3H3. The summed E-state index contributed by atoms with van der Waals surface area (Å²) in [6, 6.07) is 7.90. The Hall–Kier alpha value is -2.10. The van der Waals surface area contributed by atoms with E-state index in [0.29, 0.717) is 5.92 Å². The SMILES string of the molecule is COC(=O)COC(=O)C=Cc1ccc(C(C)C)cc1. The summed E-state index contributed by atoms with van der Waals surface area (Å²) in [5.41, 5.74) is 2.14. The van der Waals surface area contributed by atoms with Crippen molar-refractivity contribution in [1.29, 1.82) is 0 Å². The van der Waals surface area contributed by atoms with E-state index in [9.17, 15) is 9.59 Å². The summed E-state index contributed by atoms with van der Waals surface area (Å²) in [6.45, 7) is 3.87. The second kappa shape index (κ2) is 7.36. The average Bonchev–Trinajstić information content (AvgIpc) is 2.42. The van der Waals surface area contributed by atoms with E-state index in [-0.39, 0.29) is 6.61 Å². The zero-order valence-electron chi connectivity index (χ0n) is 11.4. The molecule has 0 radical (unpaired) electrons. The molecule has 0 spiro atoms. The smallest absolute Gasteiger partial charge is 0.344 e. The van der Waals surface area contributed by atoms with Crippen LogP contribution >= 0.6 is 0 Å². The Labute approximate surface area is 113 Å². The highest BCUT2D eigenvalue weighted by atomic mass is 16.6. The molecule has 0 aliphatic rings. The van der Waals surface area contributed by atoms with Gasteiger partial charge in [0.2, 0.25) is 0 Å². The first-order valence-electron chi connectivity index (χ1n) is 6.04. The van der Waals surface area contributed by atoms with Crippen molar-refractivity contribution < 1.29 is 19.1 Å². The number of hydrogen-bond donors (Lipinski definition) is 0. The van der Waals surface area contributed by atoms with Crippen LogP contribution in [-0.2, 0) is 19.1 Å². The molecule has 0 saturated carbocycles. The molecule has 1 aromatic carbocycles. The first kappa shape index (κ1) is 15.0.